The summed E-state index contributed by atoms with van der Waals surface area (Å²) >= 11 is 1.30. The smallest absolute Gasteiger partial charge is 0.293 e. The zero-order valence-electron chi connectivity index (χ0n) is 13.4. The second kappa shape index (κ2) is 8.10. The van der Waals surface area contributed by atoms with Crippen LogP contribution in [0.1, 0.15) is 54.8 Å². The van der Waals surface area contributed by atoms with Crippen LogP contribution in [0.15, 0.2) is 28.2 Å². The van der Waals surface area contributed by atoms with Crippen LogP contribution in [0.25, 0.3) is 0 Å². The van der Waals surface area contributed by atoms with Crippen LogP contribution in [0.3, 0.4) is 0 Å². The molecule has 0 unspecified atom stereocenters. The molecule has 1 saturated carbocycles. The maximum absolute atomic E-state index is 12.2. The van der Waals surface area contributed by atoms with Gasteiger partial charge >= 0.3 is 0 Å². The number of aromatic nitrogens is 1. The first-order chi connectivity index (χ1) is 11.7. The van der Waals surface area contributed by atoms with Gasteiger partial charge in [0.2, 0.25) is 5.91 Å². The van der Waals surface area contributed by atoms with Crippen LogP contribution in [-0.4, -0.2) is 22.8 Å². The maximum Gasteiger partial charge on any atom is 0.293 e. The Morgan fingerprint density at radius 2 is 2.04 bits per heavy atom. The van der Waals surface area contributed by atoms with Gasteiger partial charge in [-0.05, 0) is 25.0 Å². The molecule has 2 aromatic rings. The lowest BCUT2D eigenvalue weighted by Crippen LogP contribution is -2.35. The molecule has 2 N–H and O–H groups in total. The molecule has 2 heterocycles. The van der Waals surface area contributed by atoms with E-state index in [1.165, 1.54) is 43.3 Å². The average Bonchev–Trinajstić information content (AvgIpc) is 3.16. The highest BCUT2D eigenvalue weighted by Gasteiger charge is 2.16. The summed E-state index contributed by atoms with van der Waals surface area (Å²) in [6.45, 7) is 0. The molecule has 3 rings (SSSR count). The zero-order chi connectivity index (χ0) is 16.8. The van der Waals surface area contributed by atoms with Gasteiger partial charge in [-0.3, -0.25) is 14.9 Å². The Hall–Kier alpha value is -2.15. The SMILES string of the molecule is O=C(Cc1csc(NC(=O)c2ccco2)n1)NC1CCCCCC1. The molecule has 0 aromatic carbocycles. The van der Waals surface area contributed by atoms with Crippen molar-refractivity contribution in [2.45, 2.75) is 51.0 Å². The van der Waals surface area contributed by atoms with Crippen LogP contribution in [0.4, 0.5) is 5.13 Å². The summed E-state index contributed by atoms with van der Waals surface area (Å²) < 4.78 is 5.03. The van der Waals surface area contributed by atoms with Gasteiger partial charge in [0.25, 0.3) is 5.91 Å². The number of anilines is 1. The normalized spacial score (nSPS) is 15.7. The van der Waals surface area contributed by atoms with Gasteiger partial charge in [-0.2, -0.15) is 0 Å². The van der Waals surface area contributed by atoms with E-state index >= 15 is 0 Å². The van der Waals surface area contributed by atoms with Gasteiger partial charge in [0.15, 0.2) is 10.9 Å². The number of nitrogens with zero attached hydrogens (tertiary/aromatic N) is 1. The lowest BCUT2D eigenvalue weighted by atomic mass is 10.1. The number of amides is 2. The Kier molecular flexibility index (Phi) is 5.63. The predicted octanol–water partition coefficient (Wildman–Crippen LogP) is 3.37. The van der Waals surface area contributed by atoms with Crippen molar-refractivity contribution >= 4 is 28.3 Å². The Labute approximate surface area is 144 Å². The standard InChI is InChI=1S/C17H21N3O3S/c21-15(18-12-6-3-1-2-4-7-12)10-13-11-24-17(19-13)20-16(22)14-8-5-9-23-14/h5,8-9,11-12H,1-4,6-7,10H2,(H,18,21)(H,19,20,22). The molecule has 0 spiro atoms. The summed E-state index contributed by atoms with van der Waals surface area (Å²) in [4.78, 5) is 28.3. The molecule has 2 aromatic heterocycles. The molecule has 7 heteroatoms. The molecule has 0 aliphatic heterocycles. The Balaban J connectivity index is 1.50. The summed E-state index contributed by atoms with van der Waals surface area (Å²) in [5.74, 6) is -0.113. The van der Waals surface area contributed by atoms with Gasteiger partial charge in [-0.25, -0.2) is 4.98 Å². The maximum atomic E-state index is 12.2. The second-order valence-electron chi connectivity index (χ2n) is 6.01. The molecular weight excluding hydrogens is 326 g/mol. The summed E-state index contributed by atoms with van der Waals surface area (Å²) in [5, 5.41) is 8.04. The number of carbonyl (C=O) groups is 2. The van der Waals surface area contributed by atoms with Gasteiger partial charge in [0, 0.05) is 11.4 Å². The first-order valence-corrected chi connectivity index (χ1v) is 9.17. The van der Waals surface area contributed by atoms with Gasteiger partial charge in [-0.15, -0.1) is 11.3 Å². The molecule has 1 aliphatic rings. The van der Waals surface area contributed by atoms with Gasteiger partial charge in [0.05, 0.1) is 18.4 Å². The molecule has 6 nitrogen and oxygen atoms in total. The minimum Gasteiger partial charge on any atom is -0.459 e. The molecule has 0 atom stereocenters. The summed E-state index contributed by atoms with van der Waals surface area (Å²) in [5.41, 5.74) is 0.667. The topological polar surface area (TPSA) is 84.2 Å². The Bertz CT molecular complexity index is 673. The molecule has 24 heavy (non-hydrogen) atoms. The molecule has 1 fully saturated rings. The van der Waals surface area contributed by atoms with E-state index in [0.29, 0.717) is 10.8 Å². The molecule has 1 aliphatic carbocycles. The van der Waals surface area contributed by atoms with E-state index in [0.717, 1.165) is 12.8 Å². The molecule has 128 valence electrons. The quantitative estimate of drug-likeness (QED) is 0.812. The third-order valence-electron chi connectivity index (χ3n) is 4.08. The van der Waals surface area contributed by atoms with Gasteiger partial charge in [0.1, 0.15) is 0 Å². The van der Waals surface area contributed by atoms with Crippen molar-refractivity contribution in [3.63, 3.8) is 0 Å². The fraction of sp³-hybridized carbons (Fsp3) is 0.471. The monoisotopic (exact) mass is 347 g/mol. The summed E-state index contributed by atoms with van der Waals surface area (Å²) in [6.07, 6.45) is 8.70. The number of hydrogen-bond donors (Lipinski definition) is 2. The fourth-order valence-corrected chi connectivity index (χ4v) is 3.58. The second-order valence-corrected chi connectivity index (χ2v) is 6.87. The minimum absolute atomic E-state index is 0.00360. The predicted molar refractivity (Wildman–Crippen MR) is 92.1 cm³/mol. The summed E-state index contributed by atoms with van der Waals surface area (Å²) in [7, 11) is 0. The highest BCUT2D eigenvalue weighted by atomic mass is 32.1. The van der Waals surface area contributed by atoms with Crippen molar-refractivity contribution in [2.24, 2.45) is 0 Å². The van der Waals surface area contributed by atoms with Crippen LogP contribution >= 0.6 is 11.3 Å². The van der Waals surface area contributed by atoms with Crippen LogP contribution in [0.5, 0.6) is 0 Å². The largest absolute Gasteiger partial charge is 0.459 e. The van der Waals surface area contributed by atoms with E-state index in [-0.39, 0.29) is 30.0 Å². The van der Waals surface area contributed by atoms with Crippen molar-refractivity contribution in [1.29, 1.82) is 0 Å². The van der Waals surface area contributed by atoms with E-state index in [2.05, 4.69) is 15.6 Å². The average molecular weight is 347 g/mol. The van der Waals surface area contributed by atoms with Crippen LogP contribution in [0, 0.1) is 0 Å². The first-order valence-electron chi connectivity index (χ1n) is 8.29. The van der Waals surface area contributed by atoms with Gasteiger partial charge in [-0.1, -0.05) is 25.7 Å². The number of furan rings is 1. The molecule has 0 radical (unpaired) electrons. The number of rotatable bonds is 5. The zero-order valence-corrected chi connectivity index (χ0v) is 14.2. The molecule has 0 bridgehead atoms. The van der Waals surface area contributed by atoms with Crippen molar-refractivity contribution in [1.82, 2.24) is 10.3 Å². The van der Waals surface area contributed by atoms with Crippen LogP contribution in [-0.2, 0) is 11.2 Å². The Morgan fingerprint density at radius 3 is 2.75 bits per heavy atom. The van der Waals surface area contributed by atoms with Crippen molar-refractivity contribution < 1.29 is 14.0 Å². The molecule has 2 amide bonds. The first kappa shape index (κ1) is 16.7. The molecule has 0 saturated heterocycles. The van der Waals surface area contributed by atoms with E-state index in [4.69, 9.17) is 4.42 Å². The molecular formula is C17H21N3O3S. The number of carbonyl (C=O) groups excluding carboxylic acids is 2. The number of nitrogens with one attached hydrogen (secondary N) is 2. The third-order valence-corrected chi connectivity index (χ3v) is 4.89. The lowest BCUT2D eigenvalue weighted by molar-refractivity contribution is -0.121. The van der Waals surface area contributed by atoms with E-state index in [1.807, 2.05) is 0 Å². The minimum atomic E-state index is -0.344. The number of hydrogen-bond acceptors (Lipinski definition) is 5. The van der Waals surface area contributed by atoms with Gasteiger partial charge < -0.3 is 9.73 Å². The van der Waals surface area contributed by atoms with Crippen LogP contribution in [0.2, 0.25) is 0 Å². The van der Waals surface area contributed by atoms with Crippen molar-refractivity contribution in [3.05, 3.63) is 35.2 Å². The fourth-order valence-electron chi connectivity index (χ4n) is 2.88. The third kappa shape index (κ3) is 4.67. The lowest BCUT2D eigenvalue weighted by Gasteiger charge is -2.15. The van der Waals surface area contributed by atoms with E-state index in [9.17, 15) is 9.59 Å². The summed E-state index contributed by atoms with van der Waals surface area (Å²) in [6, 6.07) is 3.53. The Morgan fingerprint density at radius 1 is 1.25 bits per heavy atom. The van der Waals surface area contributed by atoms with E-state index < -0.39 is 0 Å². The number of thiazole rings is 1. The van der Waals surface area contributed by atoms with Crippen LogP contribution < -0.4 is 10.6 Å². The highest BCUT2D eigenvalue weighted by molar-refractivity contribution is 7.14. The highest BCUT2D eigenvalue weighted by Crippen LogP contribution is 2.19. The van der Waals surface area contributed by atoms with Crippen molar-refractivity contribution in [2.75, 3.05) is 5.32 Å². The van der Waals surface area contributed by atoms with E-state index in [1.54, 1.807) is 17.5 Å². The van der Waals surface area contributed by atoms with Crippen molar-refractivity contribution in [3.8, 4) is 0 Å².